The molecule has 0 saturated carbocycles. The summed E-state index contributed by atoms with van der Waals surface area (Å²) in [5.41, 5.74) is 1.26. The Balaban J connectivity index is 1.58. The van der Waals surface area contributed by atoms with Gasteiger partial charge in [0.15, 0.2) is 11.3 Å². The summed E-state index contributed by atoms with van der Waals surface area (Å²) < 4.78 is 16.6. The second-order valence-corrected chi connectivity index (χ2v) is 8.21. The predicted octanol–water partition coefficient (Wildman–Crippen LogP) is 4.66. The van der Waals surface area contributed by atoms with Crippen molar-refractivity contribution in [1.29, 1.82) is 0 Å². The first kappa shape index (κ1) is 21.9. The number of fused-ring (bicyclic) bond motifs is 1. The fourth-order valence-corrected chi connectivity index (χ4v) is 3.94. The molecule has 1 aliphatic rings. The van der Waals surface area contributed by atoms with Crippen molar-refractivity contribution in [3.63, 3.8) is 0 Å². The number of hydrogen-bond acceptors (Lipinski definition) is 6. The number of hydrogen-bond donors (Lipinski definition) is 2. The Kier molecular flexibility index (Phi) is 6.46. The molecule has 0 spiro atoms. The summed E-state index contributed by atoms with van der Waals surface area (Å²) >= 11 is 0. The number of benzene rings is 2. The molecular formula is C25H28N2O5. The van der Waals surface area contributed by atoms with Crippen molar-refractivity contribution >= 4 is 22.6 Å². The molecule has 0 aliphatic carbocycles. The largest absolute Gasteiger partial charge is 0.493 e. The molecule has 168 valence electrons. The van der Waals surface area contributed by atoms with E-state index in [0.29, 0.717) is 28.6 Å². The van der Waals surface area contributed by atoms with Crippen LogP contribution in [-0.4, -0.2) is 25.7 Å². The van der Waals surface area contributed by atoms with Gasteiger partial charge in [0.05, 0.1) is 13.2 Å². The van der Waals surface area contributed by atoms with Crippen LogP contribution in [0.3, 0.4) is 0 Å². The van der Waals surface area contributed by atoms with Gasteiger partial charge in [0.25, 0.3) is 5.91 Å². The molecule has 2 heterocycles. The lowest BCUT2D eigenvalue weighted by Crippen LogP contribution is -2.26. The molecule has 4 rings (SSSR count). The first-order valence-electron chi connectivity index (χ1n) is 10.9. The van der Waals surface area contributed by atoms with Crippen LogP contribution < -0.4 is 25.7 Å². The number of methoxy groups -OCH3 is 1. The average molecular weight is 437 g/mol. The van der Waals surface area contributed by atoms with Gasteiger partial charge in [0.1, 0.15) is 5.56 Å². The zero-order chi connectivity index (χ0) is 22.7. The van der Waals surface area contributed by atoms with Gasteiger partial charge in [-0.2, -0.15) is 0 Å². The molecule has 1 fully saturated rings. The van der Waals surface area contributed by atoms with Crippen molar-refractivity contribution in [2.45, 2.75) is 45.3 Å². The van der Waals surface area contributed by atoms with E-state index in [2.05, 4.69) is 10.6 Å². The Morgan fingerprint density at radius 2 is 1.94 bits per heavy atom. The molecule has 0 bridgehead atoms. The number of anilines is 1. The minimum atomic E-state index is -0.736. The molecule has 2 aromatic carbocycles. The van der Waals surface area contributed by atoms with Crippen molar-refractivity contribution in [2.24, 2.45) is 0 Å². The van der Waals surface area contributed by atoms with E-state index in [1.165, 1.54) is 31.6 Å². The van der Waals surface area contributed by atoms with E-state index in [4.69, 9.17) is 13.9 Å². The highest BCUT2D eigenvalue weighted by molar-refractivity contribution is 6.05. The Labute approximate surface area is 186 Å². The van der Waals surface area contributed by atoms with Crippen LogP contribution in [0.4, 0.5) is 5.69 Å². The second kappa shape index (κ2) is 9.44. The van der Waals surface area contributed by atoms with Crippen LogP contribution in [0.2, 0.25) is 0 Å². The van der Waals surface area contributed by atoms with Crippen molar-refractivity contribution in [3.05, 3.63) is 64.0 Å². The molecule has 1 atom stereocenters. The molecule has 3 aromatic rings. The summed E-state index contributed by atoms with van der Waals surface area (Å²) in [6.07, 6.45) is 3.38. The fraction of sp³-hybridized carbons (Fsp3) is 0.360. The number of nitrogens with one attached hydrogen (secondary N) is 2. The summed E-state index contributed by atoms with van der Waals surface area (Å²) in [5.74, 6) is 0.279. The Bertz CT molecular complexity index is 1160. The minimum absolute atomic E-state index is 0.0730. The number of carbonyl (C=O) groups is 1. The van der Waals surface area contributed by atoms with Crippen LogP contribution in [0.15, 0.2) is 51.7 Å². The number of amides is 1. The summed E-state index contributed by atoms with van der Waals surface area (Å²) in [6, 6.07) is 13.0. The molecule has 0 unspecified atom stereocenters. The number of rotatable bonds is 6. The normalized spacial score (nSPS) is 16.2. The van der Waals surface area contributed by atoms with Crippen molar-refractivity contribution in [2.75, 3.05) is 19.0 Å². The Morgan fingerprint density at radius 1 is 1.16 bits per heavy atom. The van der Waals surface area contributed by atoms with Gasteiger partial charge in [0.2, 0.25) is 5.75 Å². The first-order valence-corrected chi connectivity index (χ1v) is 10.9. The topological polar surface area (TPSA) is 89.8 Å². The third-order valence-electron chi connectivity index (χ3n) is 5.52. The van der Waals surface area contributed by atoms with E-state index in [1.54, 1.807) is 12.1 Å². The molecule has 7 heteroatoms. The van der Waals surface area contributed by atoms with Gasteiger partial charge >= 0.3 is 5.63 Å². The monoisotopic (exact) mass is 436 g/mol. The van der Waals surface area contributed by atoms with Gasteiger partial charge in [0, 0.05) is 17.1 Å². The Hall–Kier alpha value is -3.32. The standard InChI is InChI=1S/C25H28N2O5/c1-15(2)31-23-21(30-3)12-9-17-14-19(25(29)32-22(17)23)24(28)27-18-10-7-16(8-11-18)20-6-4-5-13-26-20/h7-12,14-15,20,26H,4-6,13H2,1-3H3,(H,27,28)/t20-/m0/s1. The predicted molar refractivity (Wildman–Crippen MR) is 124 cm³/mol. The average Bonchev–Trinajstić information content (AvgIpc) is 2.80. The maximum atomic E-state index is 12.8. The molecule has 0 radical (unpaired) electrons. The Morgan fingerprint density at radius 3 is 2.59 bits per heavy atom. The summed E-state index contributed by atoms with van der Waals surface area (Å²) in [7, 11) is 1.52. The molecule has 2 N–H and O–H groups in total. The second-order valence-electron chi connectivity index (χ2n) is 8.21. The van der Waals surface area contributed by atoms with Gasteiger partial charge in [-0.05, 0) is 69.1 Å². The molecule has 32 heavy (non-hydrogen) atoms. The molecule has 1 saturated heterocycles. The van der Waals surface area contributed by atoms with Crippen LogP contribution in [0, 0.1) is 0 Å². The number of ether oxygens (including phenoxy) is 2. The van der Waals surface area contributed by atoms with Gasteiger partial charge in [-0.15, -0.1) is 0 Å². The van der Waals surface area contributed by atoms with Crippen molar-refractivity contribution in [3.8, 4) is 11.5 Å². The quantitative estimate of drug-likeness (QED) is 0.547. The minimum Gasteiger partial charge on any atom is -0.493 e. The highest BCUT2D eigenvalue weighted by atomic mass is 16.5. The van der Waals surface area contributed by atoms with Crippen LogP contribution in [0.25, 0.3) is 11.0 Å². The lowest BCUT2D eigenvalue weighted by Gasteiger charge is -2.24. The van der Waals surface area contributed by atoms with Crippen molar-refractivity contribution < 1.29 is 18.7 Å². The zero-order valence-electron chi connectivity index (χ0n) is 18.6. The van der Waals surface area contributed by atoms with Crippen LogP contribution in [0.5, 0.6) is 11.5 Å². The van der Waals surface area contributed by atoms with Crippen LogP contribution >= 0.6 is 0 Å². The zero-order valence-corrected chi connectivity index (χ0v) is 18.6. The third-order valence-corrected chi connectivity index (χ3v) is 5.52. The molecule has 1 amide bonds. The SMILES string of the molecule is COc1ccc2cc(C(=O)Nc3ccc([C@@H]4CCCCN4)cc3)c(=O)oc2c1OC(C)C. The first-order chi connectivity index (χ1) is 15.5. The molecule has 1 aliphatic heterocycles. The van der Waals surface area contributed by atoms with E-state index in [1.807, 2.05) is 38.1 Å². The van der Waals surface area contributed by atoms with Gasteiger partial charge < -0.3 is 24.5 Å². The molecule has 1 aromatic heterocycles. The summed E-state index contributed by atoms with van der Waals surface area (Å²) in [6.45, 7) is 4.76. The van der Waals surface area contributed by atoms with E-state index in [9.17, 15) is 9.59 Å². The van der Waals surface area contributed by atoms with Gasteiger partial charge in [-0.1, -0.05) is 18.6 Å². The maximum Gasteiger partial charge on any atom is 0.349 e. The molecule has 7 nitrogen and oxygen atoms in total. The summed E-state index contributed by atoms with van der Waals surface area (Å²) in [4.78, 5) is 25.4. The highest BCUT2D eigenvalue weighted by Gasteiger charge is 2.20. The number of carbonyl (C=O) groups excluding carboxylic acids is 1. The van der Waals surface area contributed by atoms with Crippen LogP contribution in [0.1, 0.15) is 55.1 Å². The number of piperidine rings is 1. The van der Waals surface area contributed by atoms with Crippen LogP contribution in [-0.2, 0) is 0 Å². The highest BCUT2D eigenvalue weighted by Crippen LogP contribution is 2.36. The van der Waals surface area contributed by atoms with E-state index < -0.39 is 11.5 Å². The smallest absolute Gasteiger partial charge is 0.349 e. The van der Waals surface area contributed by atoms with Gasteiger partial charge in [-0.3, -0.25) is 4.79 Å². The molecular weight excluding hydrogens is 408 g/mol. The van der Waals surface area contributed by atoms with Crippen molar-refractivity contribution in [1.82, 2.24) is 5.32 Å². The fourth-order valence-electron chi connectivity index (χ4n) is 3.94. The maximum absolute atomic E-state index is 12.8. The van der Waals surface area contributed by atoms with E-state index in [0.717, 1.165) is 13.0 Å². The third kappa shape index (κ3) is 4.62. The van der Waals surface area contributed by atoms with E-state index >= 15 is 0 Å². The van der Waals surface area contributed by atoms with E-state index in [-0.39, 0.29) is 17.3 Å². The lowest BCUT2D eigenvalue weighted by atomic mass is 9.97. The lowest BCUT2D eigenvalue weighted by molar-refractivity contribution is 0.102. The summed E-state index contributed by atoms with van der Waals surface area (Å²) in [5, 5.41) is 6.87. The van der Waals surface area contributed by atoms with Gasteiger partial charge in [-0.25, -0.2) is 4.79 Å².